The predicted molar refractivity (Wildman–Crippen MR) is 184 cm³/mol. The highest BCUT2D eigenvalue weighted by atomic mass is 19.4. The summed E-state index contributed by atoms with van der Waals surface area (Å²) in [6.45, 7) is 0.644. The number of benzene rings is 2. The summed E-state index contributed by atoms with van der Waals surface area (Å²) < 4.78 is 104. The van der Waals surface area contributed by atoms with E-state index in [1.54, 1.807) is 31.2 Å². The summed E-state index contributed by atoms with van der Waals surface area (Å²) in [5.41, 5.74) is 0.730. The number of aromatic nitrogens is 7. The lowest BCUT2D eigenvalue weighted by molar-refractivity contribution is -0.142. The van der Waals surface area contributed by atoms with Gasteiger partial charge in [-0.2, -0.15) is 32.1 Å². The fourth-order valence-electron chi connectivity index (χ4n) is 7.90. The second-order valence-electron chi connectivity index (χ2n) is 13.9. The quantitative estimate of drug-likeness (QED) is 0.140. The van der Waals surface area contributed by atoms with E-state index < -0.39 is 76.7 Å². The number of aromatic amines is 2. The fourth-order valence-corrected chi connectivity index (χ4v) is 7.90. The van der Waals surface area contributed by atoms with Crippen molar-refractivity contribution < 1.29 is 35.5 Å². The van der Waals surface area contributed by atoms with Crippen LogP contribution in [-0.4, -0.2) is 40.3 Å². The van der Waals surface area contributed by atoms with Crippen molar-refractivity contribution in [2.24, 2.45) is 5.92 Å². The van der Waals surface area contributed by atoms with Gasteiger partial charge in [0.1, 0.15) is 23.9 Å². The maximum Gasteiger partial charge on any atom is 0.435 e. The Morgan fingerprint density at radius 2 is 1.76 bits per heavy atom. The average Bonchev–Trinajstić information content (AvgIpc) is 3.35. The van der Waals surface area contributed by atoms with Gasteiger partial charge >= 0.3 is 11.9 Å². The van der Waals surface area contributed by atoms with Crippen LogP contribution in [0.25, 0.3) is 39.1 Å². The zero-order chi connectivity index (χ0) is 38.6. The molecule has 3 atom stereocenters. The zero-order valence-corrected chi connectivity index (χ0v) is 28.5. The Hall–Kier alpha value is -6.26. The Bertz CT molecular complexity index is 2730. The van der Waals surface area contributed by atoms with Gasteiger partial charge in [-0.3, -0.25) is 9.48 Å². The monoisotopic (exact) mass is 760 g/mol. The number of fused-ring (bicyclic) bond motifs is 5. The van der Waals surface area contributed by atoms with Crippen LogP contribution in [0, 0.1) is 24.5 Å². The van der Waals surface area contributed by atoms with Crippen molar-refractivity contribution in [3.05, 3.63) is 129 Å². The molecule has 2 aromatic carbocycles. The highest BCUT2D eigenvalue weighted by Crippen LogP contribution is 2.68. The predicted octanol–water partition coefficient (Wildman–Crippen LogP) is 7.34. The molecule has 0 unspecified atom stereocenters. The third-order valence-corrected chi connectivity index (χ3v) is 10.4. The van der Waals surface area contributed by atoms with E-state index in [0.29, 0.717) is 49.9 Å². The number of carbonyl (C=O) groups is 1. The number of hydrogen-bond donors (Lipinski definition) is 3. The minimum absolute atomic E-state index is 0.0823. The number of carbonyl (C=O) groups excluding carboxylic acids is 1. The van der Waals surface area contributed by atoms with Crippen molar-refractivity contribution in [1.82, 2.24) is 39.7 Å². The molecule has 1 fully saturated rings. The summed E-state index contributed by atoms with van der Waals surface area (Å²) in [4.78, 5) is 34.9. The largest absolute Gasteiger partial charge is 0.435 e. The van der Waals surface area contributed by atoms with Crippen LogP contribution in [0.2, 0.25) is 0 Å². The van der Waals surface area contributed by atoms with E-state index in [4.69, 9.17) is 4.98 Å². The van der Waals surface area contributed by atoms with E-state index >= 15 is 8.78 Å². The lowest BCUT2D eigenvalue weighted by atomic mass is 9.94. The van der Waals surface area contributed by atoms with Crippen LogP contribution in [0.5, 0.6) is 0 Å². The molecule has 280 valence electrons. The van der Waals surface area contributed by atoms with Gasteiger partial charge in [-0.25, -0.2) is 28.1 Å². The first-order valence-corrected chi connectivity index (χ1v) is 17.1. The number of nitrogens with zero attached hydrogens (tertiary/aromatic N) is 5. The summed E-state index contributed by atoms with van der Waals surface area (Å²) in [7, 11) is 0. The van der Waals surface area contributed by atoms with E-state index in [-0.39, 0.29) is 24.1 Å². The van der Waals surface area contributed by atoms with Gasteiger partial charge in [0, 0.05) is 40.1 Å². The van der Waals surface area contributed by atoms with Crippen molar-refractivity contribution in [1.29, 1.82) is 0 Å². The first-order chi connectivity index (χ1) is 26.2. The number of amides is 1. The Labute approximate surface area is 305 Å². The van der Waals surface area contributed by atoms with Crippen molar-refractivity contribution in [2.75, 3.05) is 0 Å². The van der Waals surface area contributed by atoms with Crippen LogP contribution >= 0.6 is 0 Å². The first-order valence-electron chi connectivity index (χ1n) is 17.1. The molecular formula is C38H27F7N8O2. The molecule has 5 aromatic heterocycles. The third kappa shape index (κ3) is 5.75. The molecule has 0 bridgehead atoms. The maximum absolute atomic E-state index is 15.4. The van der Waals surface area contributed by atoms with E-state index in [9.17, 15) is 31.5 Å². The fraction of sp³-hybridized carbons (Fsp3) is 0.237. The summed E-state index contributed by atoms with van der Waals surface area (Å²) in [5.74, 6) is -8.79. The molecule has 1 saturated carbocycles. The second-order valence-corrected chi connectivity index (χ2v) is 13.9. The van der Waals surface area contributed by atoms with Crippen LogP contribution in [0.15, 0.2) is 77.6 Å². The normalized spacial score (nSPS) is 17.7. The number of nitrogens with one attached hydrogen (secondary N) is 3. The van der Waals surface area contributed by atoms with Crippen LogP contribution in [0.3, 0.4) is 0 Å². The van der Waals surface area contributed by atoms with E-state index in [1.165, 1.54) is 4.40 Å². The van der Waals surface area contributed by atoms with E-state index in [1.807, 2.05) is 30.3 Å². The summed E-state index contributed by atoms with van der Waals surface area (Å²) in [6, 6.07) is 17.6. The summed E-state index contributed by atoms with van der Waals surface area (Å²) >= 11 is 0. The average molecular weight is 761 g/mol. The molecule has 0 spiro atoms. The number of halogens is 7. The molecule has 7 aromatic rings. The Morgan fingerprint density at radius 3 is 2.49 bits per heavy atom. The lowest BCUT2D eigenvalue weighted by Gasteiger charge is -2.23. The van der Waals surface area contributed by atoms with E-state index in [2.05, 4.69) is 25.6 Å². The number of alkyl halides is 5. The van der Waals surface area contributed by atoms with Gasteiger partial charge in [-0.05, 0) is 73.2 Å². The van der Waals surface area contributed by atoms with Crippen molar-refractivity contribution >= 4 is 22.6 Å². The molecule has 0 radical (unpaired) electrons. The smallest absolute Gasteiger partial charge is 0.353 e. The van der Waals surface area contributed by atoms with Gasteiger partial charge in [-0.15, -0.1) is 0 Å². The van der Waals surface area contributed by atoms with Gasteiger partial charge in [0.2, 0.25) is 5.91 Å². The lowest BCUT2D eigenvalue weighted by Crippen LogP contribution is -2.35. The minimum atomic E-state index is -5.04. The highest BCUT2D eigenvalue weighted by molar-refractivity contribution is 5.88. The topological polar surface area (TPSA) is 126 Å². The van der Waals surface area contributed by atoms with Gasteiger partial charge in [0.25, 0.3) is 5.92 Å². The maximum atomic E-state index is 15.4. The van der Waals surface area contributed by atoms with Crippen molar-refractivity contribution in [3.63, 3.8) is 0 Å². The van der Waals surface area contributed by atoms with Crippen LogP contribution in [-0.2, 0) is 29.9 Å². The zero-order valence-electron chi connectivity index (χ0n) is 28.5. The van der Waals surface area contributed by atoms with Gasteiger partial charge in [0.05, 0.1) is 22.8 Å². The van der Waals surface area contributed by atoms with Gasteiger partial charge in [0.15, 0.2) is 11.3 Å². The summed E-state index contributed by atoms with van der Waals surface area (Å²) in [5, 5.41) is 12.6. The molecule has 0 saturated heterocycles. The molecule has 1 amide bonds. The van der Waals surface area contributed by atoms with Crippen LogP contribution in [0.1, 0.15) is 52.3 Å². The SMILES string of the molecule is Cc1c(-c2cc3[nH]c(-c4ccccc4)cc3nc2[C@H](Cc2cc(F)cc(F)c2)NC(=O)Cn2nc(C(F)(F)F)c3c2C(F)(F)[C@@H]2C[C@H]32)ccc2n[nH]c(=O)n12. The Balaban J connectivity index is 1.19. The number of H-pyrrole nitrogens is 2. The number of aryl methyl sites for hydroxylation is 1. The molecular weight excluding hydrogens is 733 g/mol. The molecule has 55 heavy (non-hydrogen) atoms. The third-order valence-electron chi connectivity index (χ3n) is 10.4. The molecule has 17 heteroatoms. The molecule has 9 rings (SSSR count). The van der Waals surface area contributed by atoms with E-state index in [0.717, 1.165) is 17.7 Å². The standard InChI is InChI=1S/C38H27F7N8O2/c1-17-22(7-8-30-49-50-36(55)53(17)30)23-14-27-28(15-26(46-27)19-5-3-2-4-6-19)48-33(23)29(11-18-9-20(39)12-21(40)10-18)47-31(54)16-52-35-32(34(51-52)38(43,44)45)24-13-25(24)37(35,41)42/h2-10,12,14-15,24-25,29,46H,11,13,16H2,1H3,(H,47,54)(H,50,55)/t24-,25+,29-/m0/s1. The molecule has 0 aliphatic heterocycles. The van der Waals surface area contributed by atoms with Gasteiger partial charge in [-0.1, -0.05) is 30.3 Å². The van der Waals surface area contributed by atoms with Gasteiger partial charge < -0.3 is 10.3 Å². The van der Waals surface area contributed by atoms with Crippen LogP contribution in [0.4, 0.5) is 30.7 Å². The van der Waals surface area contributed by atoms with Crippen molar-refractivity contribution in [3.8, 4) is 22.4 Å². The number of pyridine rings is 2. The van der Waals surface area contributed by atoms with Crippen molar-refractivity contribution in [2.45, 2.75) is 50.4 Å². The van der Waals surface area contributed by atoms with Crippen LogP contribution < -0.4 is 11.0 Å². The Morgan fingerprint density at radius 1 is 1.02 bits per heavy atom. The number of rotatable bonds is 8. The first kappa shape index (κ1) is 34.5. The molecule has 3 N–H and O–H groups in total. The molecule has 10 nitrogen and oxygen atoms in total. The number of hydrogen-bond acceptors (Lipinski definition) is 5. The summed E-state index contributed by atoms with van der Waals surface area (Å²) in [6.07, 6.45) is -5.45. The molecule has 2 aliphatic rings. The molecule has 2 aliphatic carbocycles. The Kier molecular flexibility index (Phi) is 7.61. The minimum Gasteiger partial charge on any atom is -0.353 e. The molecule has 5 heterocycles. The second kappa shape index (κ2) is 12.1. The highest BCUT2D eigenvalue weighted by Gasteiger charge is 2.68.